The number of rotatable bonds is 3. The van der Waals surface area contributed by atoms with Crippen molar-refractivity contribution in [3.05, 3.63) is 0 Å². The maximum atomic E-state index is 6.29. The standard InChI is InChI=1S/C16H32N2O/c1-14(2)8-5-6-10-16(14,12-17)18-11-7-9-15(3,13-18)19-4/h5-13,17H2,1-4H3. The van der Waals surface area contributed by atoms with Gasteiger partial charge in [-0.3, -0.25) is 4.90 Å². The van der Waals surface area contributed by atoms with Crippen LogP contribution in [0.4, 0.5) is 0 Å². The first-order valence-electron chi connectivity index (χ1n) is 7.89. The summed E-state index contributed by atoms with van der Waals surface area (Å²) >= 11 is 0. The van der Waals surface area contributed by atoms with Gasteiger partial charge in [0.1, 0.15) is 0 Å². The Labute approximate surface area is 118 Å². The van der Waals surface area contributed by atoms with E-state index in [1.807, 2.05) is 7.11 Å². The van der Waals surface area contributed by atoms with E-state index in [0.29, 0.717) is 5.41 Å². The first-order valence-corrected chi connectivity index (χ1v) is 7.89. The van der Waals surface area contributed by atoms with Gasteiger partial charge in [0.2, 0.25) is 0 Å². The van der Waals surface area contributed by atoms with Crippen molar-refractivity contribution in [1.29, 1.82) is 0 Å². The average molecular weight is 268 g/mol. The van der Waals surface area contributed by atoms with Crippen molar-refractivity contribution in [1.82, 2.24) is 4.90 Å². The van der Waals surface area contributed by atoms with Crippen LogP contribution in [-0.4, -0.2) is 42.8 Å². The quantitative estimate of drug-likeness (QED) is 0.855. The Morgan fingerprint density at radius 1 is 1.05 bits per heavy atom. The van der Waals surface area contributed by atoms with Gasteiger partial charge in [0.05, 0.1) is 5.60 Å². The Bertz CT molecular complexity index is 318. The zero-order valence-corrected chi connectivity index (χ0v) is 13.3. The molecule has 1 aliphatic heterocycles. The number of hydrogen-bond donors (Lipinski definition) is 1. The van der Waals surface area contributed by atoms with Crippen LogP contribution in [0.15, 0.2) is 0 Å². The molecule has 1 saturated heterocycles. The van der Waals surface area contributed by atoms with Crippen molar-refractivity contribution in [2.75, 3.05) is 26.7 Å². The van der Waals surface area contributed by atoms with Gasteiger partial charge >= 0.3 is 0 Å². The topological polar surface area (TPSA) is 38.5 Å². The highest BCUT2D eigenvalue weighted by molar-refractivity contribution is 5.07. The molecule has 2 rings (SSSR count). The van der Waals surface area contributed by atoms with Crippen LogP contribution in [0, 0.1) is 5.41 Å². The van der Waals surface area contributed by atoms with Crippen molar-refractivity contribution in [3.63, 3.8) is 0 Å². The highest BCUT2D eigenvalue weighted by Crippen LogP contribution is 2.48. The van der Waals surface area contributed by atoms with E-state index in [-0.39, 0.29) is 11.1 Å². The molecule has 0 radical (unpaired) electrons. The number of ether oxygens (including phenoxy) is 1. The molecule has 3 nitrogen and oxygen atoms in total. The summed E-state index contributed by atoms with van der Waals surface area (Å²) in [6.07, 6.45) is 7.61. The van der Waals surface area contributed by atoms with Crippen molar-refractivity contribution in [2.24, 2.45) is 11.1 Å². The minimum atomic E-state index is 0.00788. The lowest BCUT2D eigenvalue weighted by Gasteiger charge is -2.59. The summed E-state index contributed by atoms with van der Waals surface area (Å²) in [7, 11) is 1.85. The maximum absolute atomic E-state index is 6.29. The molecule has 0 aromatic carbocycles. The van der Waals surface area contributed by atoms with Gasteiger partial charge in [0, 0.05) is 25.7 Å². The molecule has 112 valence electrons. The van der Waals surface area contributed by atoms with Crippen LogP contribution in [0.3, 0.4) is 0 Å². The molecular formula is C16H32N2O. The predicted molar refractivity (Wildman–Crippen MR) is 80.3 cm³/mol. The van der Waals surface area contributed by atoms with Crippen molar-refractivity contribution >= 4 is 0 Å². The second-order valence-electron chi connectivity index (χ2n) is 7.51. The molecule has 2 aliphatic rings. The summed E-state index contributed by atoms with van der Waals surface area (Å²) < 4.78 is 5.77. The third-order valence-corrected chi connectivity index (χ3v) is 6.00. The van der Waals surface area contributed by atoms with E-state index in [0.717, 1.165) is 13.1 Å². The number of piperidine rings is 1. The molecule has 2 fully saturated rings. The first-order chi connectivity index (χ1) is 8.89. The number of nitrogens with two attached hydrogens (primary N) is 1. The van der Waals surface area contributed by atoms with Crippen LogP contribution in [-0.2, 0) is 4.74 Å². The molecule has 2 atom stereocenters. The minimum absolute atomic E-state index is 0.00788. The predicted octanol–water partition coefficient (Wildman–Crippen LogP) is 2.79. The lowest BCUT2D eigenvalue weighted by Crippen LogP contribution is -2.67. The molecule has 1 heterocycles. The summed E-state index contributed by atoms with van der Waals surface area (Å²) in [5, 5.41) is 0. The third-order valence-electron chi connectivity index (χ3n) is 6.00. The SMILES string of the molecule is COC1(C)CCCN(C2(CN)CCCCC2(C)C)C1. The Morgan fingerprint density at radius 2 is 1.74 bits per heavy atom. The van der Waals surface area contributed by atoms with Gasteiger partial charge < -0.3 is 10.5 Å². The van der Waals surface area contributed by atoms with Gasteiger partial charge in [0.25, 0.3) is 0 Å². The highest BCUT2D eigenvalue weighted by atomic mass is 16.5. The molecule has 0 aromatic rings. The molecule has 0 spiro atoms. The van der Waals surface area contributed by atoms with Crippen LogP contribution in [0.1, 0.15) is 59.3 Å². The summed E-state index contributed by atoms with van der Waals surface area (Å²) in [4.78, 5) is 2.67. The van der Waals surface area contributed by atoms with Gasteiger partial charge in [-0.25, -0.2) is 0 Å². The lowest BCUT2D eigenvalue weighted by atomic mass is 9.61. The van der Waals surface area contributed by atoms with Crippen molar-refractivity contribution in [3.8, 4) is 0 Å². The van der Waals surface area contributed by atoms with Gasteiger partial charge in [-0.15, -0.1) is 0 Å². The van der Waals surface area contributed by atoms with E-state index < -0.39 is 0 Å². The highest BCUT2D eigenvalue weighted by Gasteiger charge is 2.51. The Hall–Kier alpha value is -0.120. The molecule has 0 amide bonds. The fourth-order valence-electron chi connectivity index (χ4n) is 4.39. The summed E-state index contributed by atoms with van der Waals surface area (Å²) in [6.45, 7) is 10.1. The van der Waals surface area contributed by atoms with Crippen LogP contribution in [0.2, 0.25) is 0 Å². The molecule has 0 aromatic heterocycles. The van der Waals surface area contributed by atoms with Crippen LogP contribution >= 0.6 is 0 Å². The molecule has 1 aliphatic carbocycles. The molecule has 19 heavy (non-hydrogen) atoms. The van der Waals surface area contributed by atoms with E-state index >= 15 is 0 Å². The zero-order chi connectivity index (χ0) is 14.1. The third kappa shape index (κ3) is 2.57. The monoisotopic (exact) mass is 268 g/mol. The zero-order valence-electron chi connectivity index (χ0n) is 13.3. The maximum Gasteiger partial charge on any atom is 0.0777 e. The first kappa shape index (κ1) is 15.3. The Kier molecular flexibility index (Phi) is 4.29. The summed E-state index contributed by atoms with van der Waals surface area (Å²) in [6, 6.07) is 0. The number of likely N-dealkylation sites (tertiary alicyclic amines) is 1. The van der Waals surface area contributed by atoms with E-state index in [2.05, 4.69) is 25.7 Å². The van der Waals surface area contributed by atoms with Crippen molar-refractivity contribution in [2.45, 2.75) is 70.4 Å². The fraction of sp³-hybridized carbons (Fsp3) is 1.00. The largest absolute Gasteiger partial charge is 0.377 e. The normalized spacial score (nSPS) is 40.3. The van der Waals surface area contributed by atoms with Gasteiger partial charge in [0.15, 0.2) is 0 Å². The van der Waals surface area contributed by atoms with Crippen molar-refractivity contribution < 1.29 is 4.74 Å². The minimum Gasteiger partial charge on any atom is -0.377 e. The van der Waals surface area contributed by atoms with E-state index in [4.69, 9.17) is 10.5 Å². The summed E-state index contributed by atoms with van der Waals surface area (Å²) in [5.74, 6) is 0. The van der Waals surface area contributed by atoms with Gasteiger partial charge in [-0.1, -0.05) is 26.7 Å². The molecule has 1 saturated carbocycles. The lowest BCUT2D eigenvalue weighted by molar-refractivity contribution is -0.120. The second kappa shape index (κ2) is 5.34. The second-order valence-corrected chi connectivity index (χ2v) is 7.51. The van der Waals surface area contributed by atoms with E-state index in [9.17, 15) is 0 Å². The average Bonchev–Trinajstić information content (AvgIpc) is 2.39. The molecule has 3 heteroatoms. The van der Waals surface area contributed by atoms with Crippen LogP contribution in [0.5, 0.6) is 0 Å². The molecule has 0 bridgehead atoms. The number of nitrogens with zero attached hydrogens (tertiary/aromatic N) is 1. The fourth-order valence-corrected chi connectivity index (χ4v) is 4.39. The summed E-state index contributed by atoms with van der Waals surface area (Å²) in [5.41, 5.74) is 6.78. The molecular weight excluding hydrogens is 236 g/mol. The van der Waals surface area contributed by atoms with Gasteiger partial charge in [-0.05, 0) is 44.6 Å². The van der Waals surface area contributed by atoms with Crippen LogP contribution < -0.4 is 5.73 Å². The molecule has 2 N–H and O–H groups in total. The van der Waals surface area contributed by atoms with Gasteiger partial charge in [-0.2, -0.15) is 0 Å². The Morgan fingerprint density at radius 3 is 2.32 bits per heavy atom. The Balaban J connectivity index is 2.25. The van der Waals surface area contributed by atoms with E-state index in [1.54, 1.807) is 0 Å². The smallest absolute Gasteiger partial charge is 0.0777 e. The number of methoxy groups -OCH3 is 1. The molecule has 2 unspecified atom stereocenters. The van der Waals surface area contributed by atoms with E-state index in [1.165, 1.54) is 45.1 Å². The van der Waals surface area contributed by atoms with Crippen LogP contribution in [0.25, 0.3) is 0 Å². The number of hydrogen-bond acceptors (Lipinski definition) is 3.